The van der Waals surface area contributed by atoms with E-state index in [1.807, 2.05) is 20.8 Å². The predicted octanol–water partition coefficient (Wildman–Crippen LogP) is 7.65. The van der Waals surface area contributed by atoms with Gasteiger partial charge in [0.05, 0.1) is 41.5 Å². The third-order valence-corrected chi connectivity index (χ3v) is 16.7. The van der Waals surface area contributed by atoms with E-state index < -0.39 is 16.6 Å². The van der Waals surface area contributed by atoms with Crippen LogP contribution in [0.5, 0.6) is 0 Å². The summed E-state index contributed by atoms with van der Waals surface area (Å²) >= 11 is 0. The number of carbonyl (C=O) groups is 3. The Hall–Kier alpha value is -1.67. The molecule has 8 nitrogen and oxygen atoms in total. The van der Waals surface area contributed by atoms with Gasteiger partial charge in [0.2, 0.25) is 0 Å². The highest BCUT2D eigenvalue weighted by molar-refractivity contribution is 5.78. The molecule has 12 bridgehead atoms. The van der Waals surface area contributed by atoms with Gasteiger partial charge in [-0.15, -0.1) is 0 Å². The fourth-order valence-corrected chi connectivity index (χ4v) is 15.5. The SMILES string of the molecule is CC(C)(C)C(=O)OCC12CC3CC(C1)C1(OCC(COC(=O)C45CC6CC(CC(C6)C4)C5)(COC(=O)C45CC6CC(CC(C6)C4)C5)CO1)C(C3)C2. The van der Waals surface area contributed by atoms with E-state index in [1.165, 1.54) is 38.5 Å². The van der Waals surface area contributed by atoms with Crippen LogP contribution in [0.15, 0.2) is 0 Å². The van der Waals surface area contributed by atoms with Crippen LogP contribution in [0, 0.1) is 80.3 Å². The Morgan fingerprint density at radius 1 is 0.529 bits per heavy atom. The van der Waals surface area contributed by atoms with Crippen molar-refractivity contribution in [2.45, 2.75) is 136 Å². The lowest BCUT2D eigenvalue weighted by Gasteiger charge is -2.65. The molecule has 0 aromatic rings. The summed E-state index contributed by atoms with van der Waals surface area (Å²) in [5.74, 6) is 4.19. The van der Waals surface area contributed by atoms with Crippen molar-refractivity contribution < 1.29 is 38.1 Å². The molecule has 2 atom stereocenters. The average molecular weight is 707 g/mol. The van der Waals surface area contributed by atoms with Crippen LogP contribution in [0.25, 0.3) is 0 Å². The zero-order valence-corrected chi connectivity index (χ0v) is 31.5. The second-order valence-electron chi connectivity index (χ2n) is 22.0. The molecule has 0 N–H and O–H groups in total. The fourth-order valence-electron chi connectivity index (χ4n) is 15.5. The van der Waals surface area contributed by atoms with Gasteiger partial charge in [-0.25, -0.2) is 0 Å². The highest BCUT2D eigenvalue weighted by Gasteiger charge is 2.67. The van der Waals surface area contributed by atoms with Crippen molar-refractivity contribution in [1.82, 2.24) is 0 Å². The van der Waals surface area contributed by atoms with Gasteiger partial charge in [0.15, 0.2) is 5.79 Å². The molecule has 13 aliphatic rings. The van der Waals surface area contributed by atoms with Crippen LogP contribution in [0.1, 0.15) is 130 Å². The predicted molar refractivity (Wildman–Crippen MR) is 187 cm³/mol. The maximum absolute atomic E-state index is 14.1. The zero-order valence-electron chi connectivity index (χ0n) is 31.5. The maximum atomic E-state index is 14.1. The van der Waals surface area contributed by atoms with Gasteiger partial charge in [0.1, 0.15) is 13.2 Å². The molecule has 1 spiro atoms. The van der Waals surface area contributed by atoms with Crippen molar-refractivity contribution in [3.8, 4) is 0 Å². The summed E-state index contributed by atoms with van der Waals surface area (Å²) in [5.41, 5.74) is -1.92. The first-order chi connectivity index (χ1) is 24.3. The van der Waals surface area contributed by atoms with Crippen molar-refractivity contribution >= 4 is 17.9 Å². The summed E-state index contributed by atoms with van der Waals surface area (Å²) in [6.45, 7) is 7.29. The lowest BCUT2D eigenvalue weighted by molar-refractivity contribution is -0.394. The van der Waals surface area contributed by atoms with Gasteiger partial charge in [0, 0.05) is 17.3 Å². The third-order valence-electron chi connectivity index (χ3n) is 16.7. The first-order valence-corrected chi connectivity index (χ1v) is 21.1. The van der Waals surface area contributed by atoms with Gasteiger partial charge in [-0.3, -0.25) is 14.4 Å². The van der Waals surface area contributed by atoms with Gasteiger partial charge < -0.3 is 23.7 Å². The molecule has 1 heterocycles. The van der Waals surface area contributed by atoms with E-state index in [-0.39, 0.29) is 59.2 Å². The first kappa shape index (κ1) is 33.9. The minimum Gasteiger partial charge on any atom is -0.465 e. The van der Waals surface area contributed by atoms with Crippen molar-refractivity contribution in [3.63, 3.8) is 0 Å². The van der Waals surface area contributed by atoms with Crippen LogP contribution in [0.2, 0.25) is 0 Å². The first-order valence-electron chi connectivity index (χ1n) is 21.1. The van der Waals surface area contributed by atoms with Gasteiger partial charge in [-0.2, -0.15) is 0 Å². The summed E-state index contributed by atoms with van der Waals surface area (Å²) in [7, 11) is 0. The summed E-state index contributed by atoms with van der Waals surface area (Å²) in [6.07, 6.45) is 18.6. The number of rotatable bonds is 8. The Labute approximate surface area is 304 Å². The van der Waals surface area contributed by atoms with Gasteiger partial charge in [0.25, 0.3) is 0 Å². The molecule has 282 valence electrons. The molecule has 2 unspecified atom stereocenters. The van der Waals surface area contributed by atoms with Gasteiger partial charge in [-0.05, 0) is 171 Å². The maximum Gasteiger partial charge on any atom is 0.312 e. The van der Waals surface area contributed by atoms with E-state index in [2.05, 4.69) is 0 Å². The Bertz CT molecular complexity index is 1300. The summed E-state index contributed by atoms with van der Waals surface area (Å²) in [5, 5.41) is 0. The zero-order chi connectivity index (χ0) is 35.0. The Balaban J connectivity index is 0.856. The number of carbonyl (C=O) groups excluding carboxylic acids is 3. The number of esters is 3. The molecule has 0 aromatic heterocycles. The van der Waals surface area contributed by atoms with E-state index in [9.17, 15) is 14.4 Å². The molecular weight excluding hydrogens is 644 g/mol. The molecule has 13 fully saturated rings. The second-order valence-corrected chi connectivity index (χ2v) is 22.0. The van der Waals surface area contributed by atoms with Crippen molar-refractivity contribution in [1.29, 1.82) is 0 Å². The van der Waals surface area contributed by atoms with E-state index >= 15 is 0 Å². The van der Waals surface area contributed by atoms with Crippen molar-refractivity contribution in [3.05, 3.63) is 0 Å². The van der Waals surface area contributed by atoms with Crippen LogP contribution in [0.4, 0.5) is 0 Å². The Morgan fingerprint density at radius 2 is 0.922 bits per heavy atom. The molecule has 0 aromatic carbocycles. The molecule has 51 heavy (non-hydrogen) atoms. The van der Waals surface area contributed by atoms with Crippen molar-refractivity contribution in [2.75, 3.05) is 33.0 Å². The van der Waals surface area contributed by atoms with Crippen LogP contribution in [-0.4, -0.2) is 56.7 Å². The normalized spacial score (nSPS) is 51.2. The minimum atomic E-state index is -0.726. The van der Waals surface area contributed by atoms with Crippen LogP contribution >= 0.6 is 0 Å². The molecular formula is C43H62O8. The number of hydrogen-bond donors (Lipinski definition) is 0. The monoisotopic (exact) mass is 706 g/mol. The molecule has 0 amide bonds. The van der Waals surface area contributed by atoms with E-state index in [4.69, 9.17) is 23.7 Å². The minimum absolute atomic E-state index is 0.00923. The van der Waals surface area contributed by atoms with E-state index in [0.717, 1.165) is 70.6 Å². The Morgan fingerprint density at radius 3 is 1.31 bits per heavy atom. The quantitative estimate of drug-likeness (QED) is 0.188. The Kier molecular flexibility index (Phi) is 7.59. The number of hydrogen-bond acceptors (Lipinski definition) is 8. The summed E-state index contributed by atoms with van der Waals surface area (Å²) in [6, 6.07) is 0. The lowest BCUT2D eigenvalue weighted by Crippen LogP contribution is -2.68. The van der Waals surface area contributed by atoms with Gasteiger partial charge >= 0.3 is 17.9 Å². The number of ether oxygens (including phenoxy) is 5. The van der Waals surface area contributed by atoms with Crippen LogP contribution < -0.4 is 0 Å². The average Bonchev–Trinajstić information content (AvgIpc) is 3.06. The molecule has 1 aliphatic heterocycles. The summed E-state index contributed by atoms with van der Waals surface area (Å²) < 4.78 is 32.8. The topological polar surface area (TPSA) is 97.4 Å². The molecule has 13 rings (SSSR count). The highest BCUT2D eigenvalue weighted by atomic mass is 16.7. The van der Waals surface area contributed by atoms with Crippen LogP contribution in [-0.2, 0) is 38.1 Å². The fraction of sp³-hybridized carbons (Fsp3) is 0.930. The standard InChI is InChI=1S/C43H62O8/c1-38(2,3)35(44)47-21-39-12-32-10-33(19-39)43(34(11-32)20-39)50-24-40(25-51-43,22-48-36(45)41-13-26-4-27(14-41)6-28(5-26)15-41)23-49-37(46)42-16-29-7-30(17-42)9-31(8-29)18-42/h26-34H,4-25H2,1-3H3. The van der Waals surface area contributed by atoms with Gasteiger partial charge in [-0.1, -0.05) is 0 Å². The smallest absolute Gasteiger partial charge is 0.312 e. The van der Waals surface area contributed by atoms with Crippen molar-refractivity contribution in [2.24, 2.45) is 80.3 Å². The third kappa shape index (κ3) is 5.50. The molecule has 12 aliphatic carbocycles. The largest absolute Gasteiger partial charge is 0.465 e. The molecule has 0 radical (unpaired) electrons. The molecule has 12 saturated carbocycles. The lowest BCUT2D eigenvalue weighted by atomic mass is 9.47. The van der Waals surface area contributed by atoms with E-state index in [1.54, 1.807) is 0 Å². The highest BCUT2D eigenvalue weighted by Crippen LogP contribution is 2.67. The molecule has 8 heteroatoms. The van der Waals surface area contributed by atoms with Crippen LogP contribution in [0.3, 0.4) is 0 Å². The molecule has 1 saturated heterocycles. The second kappa shape index (κ2) is 11.4. The van der Waals surface area contributed by atoms with E-state index in [0.29, 0.717) is 61.2 Å². The summed E-state index contributed by atoms with van der Waals surface area (Å²) in [4.78, 5) is 41.0.